The summed E-state index contributed by atoms with van der Waals surface area (Å²) in [6, 6.07) is -1.61. The van der Waals surface area contributed by atoms with Crippen LogP contribution in [0.2, 0.25) is 0 Å². The van der Waals surface area contributed by atoms with Crippen LogP contribution in [0.1, 0.15) is 13.3 Å². The number of hydrogen-bond acceptors (Lipinski definition) is 5. The molecule has 0 aliphatic carbocycles. The summed E-state index contributed by atoms with van der Waals surface area (Å²) in [5.41, 5.74) is 0. The molecule has 0 radical (unpaired) electrons. The predicted molar refractivity (Wildman–Crippen MR) is 52.7 cm³/mol. The molecule has 0 saturated carbocycles. The minimum atomic E-state index is -1.09. The van der Waals surface area contributed by atoms with Crippen LogP contribution < -0.4 is 10.6 Å². The Balaban J connectivity index is 2.50. The van der Waals surface area contributed by atoms with E-state index in [2.05, 4.69) is 26.0 Å². The number of aromatic nitrogens is 4. The van der Waals surface area contributed by atoms with Gasteiger partial charge in [-0.2, -0.15) is 4.80 Å². The van der Waals surface area contributed by atoms with Gasteiger partial charge in [-0.1, -0.05) is 12.0 Å². The molecular weight excluding hydrogens is 216 g/mol. The van der Waals surface area contributed by atoms with Crippen LogP contribution in [0.3, 0.4) is 0 Å². The second kappa shape index (κ2) is 5.05. The number of rotatable bonds is 4. The maximum Gasteiger partial charge on any atom is 0.326 e. The number of aryl methyl sites for hydroxylation is 1. The van der Waals surface area contributed by atoms with Gasteiger partial charge in [0.15, 0.2) is 0 Å². The first-order chi connectivity index (χ1) is 7.52. The summed E-state index contributed by atoms with van der Waals surface area (Å²) in [5.74, 6) is -1.08. The molecule has 0 unspecified atom stereocenters. The largest absolute Gasteiger partial charge is 0.480 e. The van der Waals surface area contributed by atoms with Gasteiger partial charge in [-0.25, -0.2) is 9.59 Å². The number of amides is 2. The fraction of sp³-hybridized carbons (Fsp3) is 0.571. The molecule has 0 saturated heterocycles. The maximum absolute atomic E-state index is 11.3. The van der Waals surface area contributed by atoms with E-state index in [1.165, 1.54) is 4.80 Å². The van der Waals surface area contributed by atoms with Crippen molar-refractivity contribution < 1.29 is 14.7 Å². The van der Waals surface area contributed by atoms with Gasteiger partial charge in [0.1, 0.15) is 6.04 Å². The third kappa shape index (κ3) is 3.19. The van der Waals surface area contributed by atoms with Gasteiger partial charge in [-0.3, -0.25) is 5.32 Å². The summed E-state index contributed by atoms with van der Waals surface area (Å²) in [6.45, 7) is 1.65. The van der Waals surface area contributed by atoms with Crippen molar-refractivity contribution in [2.75, 3.05) is 5.32 Å². The van der Waals surface area contributed by atoms with Gasteiger partial charge in [0.25, 0.3) is 5.95 Å². The average Bonchev–Trinajstić information content (AvgIpc) is 2.60. The fourth-order valence-corrected chi connectivity index (χ4v) is 0.968. The summed E-state index contributed by atoms with van der Waals surface area (Å²) in [6.07, 6.45) is 0.288. The molecular formula is C7H12N6O3. The second-order valence-corrected chi connectivity index (χ2v) is 3.00. The van der Waals surface area contributed by atoms with E-state index in [0.29, 0.717) is 0 Å². The highest BCUT2D eigenvalue weighted by Gasteiger charge is 2.18. The maximum atomic E-state index is 11.3. The summed E-state index contributed by atoms with van der Waals surface area (Å²) in [5, 5.41) is 23.9. The van der Waals surface area contributed by atoms with Crippen LogP contribution >= 0.6 is 0 Å². The monoisotopic (exact) mass is 228 g/mol. The molecule has 2 amide bonds. The van der Waals surface area contributed by atoms with E-state index in [4.69, 9.17) is 5.11 Å². The van der Waals surface area contributed by atoms with Gasteiger partial charge in [-0.15, -0.1) is 5.10 Å². The SMILES string of the molecule is CC[C@@H](NC(=O)Nc1nnn(C)n1)C(=O)O. The number of nitrogens with zero attached hydrogens (tertiary/aromatic N) is 4. The molecule has 16 heavy (non-hydrogen) atoms. The van der Waals surface area contributed by atoms with Crippen LogP contribution in [-0.2, 0) is 11.8 Å². The Hall–Kier alpha value is -2.19. The number of aliphatic carboxylic acids is 1. The molecule has 0 aliphatic heterocycles. The second-order valence-electron chi connectivity index (χ2n) is 3.00. The van der Waals surface area contributed by atoms with Gasteiger partial charge in [-0.05, 0) is 11.6 Å². The van der Waals surface area contributed by atoms with E-state index in [1.54, 1.807) is 14.0 Å². The van der Waals surface area contributed by atoms with Crippen molar-refractivity contribution in [3.05, 3.63) is 0 Å². The zero-order chi connectivity index (χ0) is 12.1. The quantitative estimate of drug-likeness (QED) is 0.619. The number of carboxylic acids is 1. The van der Waals surface area contributed by atoms with Crippen LogP contribution in [0.5, 0.6) is 0 Å². The molecule has 1 atom stereocenters. The Morgan fingerprint density at radius 1 is 1.56 bits per heavy atom. The summed E-state index contributed by atoms with van der Waals surface area (Å²) < 4.78 is 0. The van der Waals surface area contributed by atoms with Crippen LogP contribution in [-0.4, -0.2) is 43.4 Å². The van der Waals surface area contributed by atoms with Crippen molar-refractivity contribution in [1.82, 2.24) is 25.5 Å². The zero-order valence-electron chi connectivity index (χ0n) is 8.84. The number of anilines is 1. The van der Waals surface area contributed by atoms with Gasteiger partial charge in [0, 0.05) is 0 Å². The minimum Gasteiger partial charge on any atom is -0.480 e. The highest BCUT2D eigenvalue weighted by molar-refractivity contribution is 5.90. The summed E-state index contributed by atoms with van der Waals surface area (Å²) in [4.78, 5) is 23.1. The fourth-order valence-electron chi connectivity index (χ4n) is 0.968. The van der Waals surface area contributed by atoms with Crippen molar-refractivity contribution in [2.24, 2.45) is 7.05 Å². The number of tetrazole rings is 1. The smallest absolute Gasteiger partial charge is 0.326 e. The lowest BCUT2D eigenvalue weighted by Crippen LogP contribution is -2.42. The lowest BCUT2D eigenvalue weighted by atomic mass is 10.2. The van der Waals surface area contributed by atoms with Gasteiger partial charge < -0.3 is 10.4 Å². The van der Waals surface area contributed by atoms with Crippen LogP contribution in [0.4, 0.5) is 10.7 Å². The molecule has 0 aliphatic rings. The molecule has 9 nitrogen and oxygen atoms in total. The number of hydrogen-bond donors (Lipinski definition) is 3. The summed E-state index contributed by atoms with van der Waals surface area (Å²) in [7, 11) is 1.54. The molecule has 1 aromatic rings. The molecule has 1 aromatic heterocycles. The first-order valence-corrected chi connectivity index (χ1v) is 4.57. The van der Waals surface area contributed by atoms with E-state index in [0.717, 1.165) is 0 Å². The molecule has 9 heteroatoms. The molecule has 3 N–H and O–H groups in total. The standard InChI is InChI=1S/C7H12N6O3/c1-3-4(5(14)15)8-7(16)9-6-10-12-13(2)11-6/h4H,3H2,1-2H3,(H,14,15)(H2,8,9,11,16)/t4-/m1/s1. The van der Waals surface area contributed by atoms with Crippen molar-refractivity contribution in [1.29, 1.82) is 0 Å². The Bertz CT molecular complexity index is 389. The summed E-state index contributed by atoms with van der Waals surface area (Å²) >= 11 is 0. The van der Waals surface area contributed by atoms with Gasteiger partial charge >= 0.3 is 12.0 Å². The number of nitrogens with one attached hydrogen (secondary N) is 2. The third-order valence-corrected chi connectivity index (χ3v) is 1.75. The highest BCUT2D eigenvalue weighted by Crippen LogP contribution is 1.94. The van der Waals surface area contributed by atoms with E-state index in [1.807, 2.05) is 0 Å². The van der Waals surface area contributed by atoms with Gasteiger partial charge in [0.05, 0.1) is 7.05 Å². The van der Waals surface area contributed by atoms with E-state index in [9.17, 15) is 9.59 Å². The number of urea groups is 1. The van der Waals surface area contributed by atoms with Gasteiger partial charge in [0.2, 0.25) is 0 Å². The first-order valence-electron chi connectivity index (χ1n) is 4.57. The van der Waals surface area contributed by atoms with Crippen molar-refractivity contribution in [3.8, 4) is 0 Å². The highest BCUT2D eigenvalue weighted by atomic mass is 16.4. The van der Waals surface area contributed by atoms with Crippen molar-refractivity contribution >= 4 is 17.9 Å². The molecule has 0 bridgehead atoms. The predicted octanol–water partition coefficient (Wildman–Crippen LogP) is -0.805. The van der Waals surface area contributed by atoms with E-state index < -0.39 is 18.0 Å². The third-order valence-electron chi connectivity index (χ3n) is 1.75. The van der Waals surface area contributed by atoms with Crippen LogP contribution in [0.15, 0.2) is 0 Å². The molecule has 88 valence electrons. The normalized spacial score (nSPS) is 11.9. The van der Waals surface area contributed by atoms with E-state index >= 15 is 0 Å². The van der Waals surface area contributed by atoms with Crippen molar-refractivity contribution in [2.45, 2.75) is 19.4 Å². The van der Waals surface area contributed by atoms with Crippen LogP contribution in [0, 0.1) is 0 Å². The lowest BCUT2D eigenvalue weighted by molar-refractivity contribution is -0.139. The van der Waals surface area contributed by atoms with E-state index in [-0.39, 0.29) is 12.4 Å². The Labute approximate surface area is 90.8 Å². The average molecular weight is 228 g/mol. The molecule has 0 spiro atoms. The topological polar surface area (TPSA) is 122 Å². The lowest BCUT2D eigenvalue weighted by Gasteiger charge is -2.11. The Kier molecular flexibility index (Phi) is 3.75. The number of carbonyl (C=O) groups is 2. The zero-order valence-corrected chi connectivity index (χ0v) is 8.84. The molecule has 0 aromatic carbocycles. The Morgan fingerprint density at radius 2 is 2.25 bits per heavy atom. The number of carbonyl (C=O) groups excluding carboxylic acids is 1. The molecule has 0 fully saturated rings. The van der Waals surface area contributed by atoms with Crippen molar-refractivity contribution in [3.63, 3.8) is 0 Å². The first kappa shape index (κ1) is 11.9. The number of carboxylic acid groups (broad SMARTS) is 1. The molecule has 1 heterocycles. The minimum absolute atomic E-state index is 0.0141. The Morgan fingerprint density at radius 3 is 2.69 bits per heavy atom. The molecule has 1 rings (SSSR count). The van der Waals surface area contributed by atoms with Crippen LogP contribution in [0.25, 0.3) is 0 Å².